The third-order valence-corrected chi connectivity index (χ3v) is 5.83. The average Bonchev–Trinajstić information content (AvgIpc) is 3.66. The first-order valence-corrected chi connectivity index (χ1v) is 13.0. The van der Waals surface area contributed by atoms with E-state index in [0.29, 0.717) is 30.4 Å². The van der Waals surface area contributed by atoms with Gasteiger partial charge in [-0.2, -0.15) is 0 Å². The minimum atomic E-state index is -0.269. The zero-order valence-electron chi connectivity index (χ0n) is 22.4. The highest BCUT2D eigenvalue weighted by Gasteiger charge is 2.29. The van der Waals surface area contributed by atoms with E-state index >= 15 is 0 Å². The van der Waals surface area contributed by atoms with Gasteiger partial charge >= 0.3 is 0 Å². The zero-order valence-corrected chi connectivity index (χ0v) is 22.4. The Balaban J connectivity index is 0.000000294. The van der Waals surface area contributed by atoms with E-state index in [9.17, 15) is 5.11 Å². The molecule has 0 aliphatic carbocycles. The molecule has 3 rings (SSSR count). The molecule has 1 saturated heterocycles. The SMILES string of the molecule is CC(C)CN.CC(C)CNC[C@@H](O)[C@@H](C)Cc1ccccc1.C[C@@H](Cc1ccccc1)[C@H]1CO1. The summed E-state index contributed by atoms with van der Waals surface area (Å²) in [6.45, 7) is 16.3. The van der Waals surface area contributed by atoms with Crippen molar-refractivity contribution in [2.75, 3.05) is 26.2 Å². The summed E-state index contributed by atoms with van der Waals surface area (Å²) in [4.78, 5) is 0. The van der Waals surface area contributed by atoms with Gasteiger partial charge in [0.1, 0.15) is 0 Å². The summed E-state index contributed by atoms with van der Waals surface area (Å²) in [7, 11) is 0. The third-order valence-electron chi connectivity index (χ3n) is 5.83. The summed E-state index contributed by atoms with van der Waals surface area (Å²) in [6.07, 6.45) is 2.34. The summed E-state index contributed by atoms with van der Waals surface area (Å²) < 4.78 is 5.24. The topological polar surface area (TPSA) is 70.8 Å². The maximum atomic E-state index is 10.0. The number of hydrogen-bond acceptors (Lipinski definition) is 4. The average molecular weight is 471 g/mol. The lowest BCUT2D eigenvalue weighted by Gasteiger charge is -2.20. The van der Waals surface area contributed by atoms with Gasteiger partial charge in [0.05, 0.1) is 18.8 Å². The molecule has 0 aromatic heterocycles. The Kier molecular flexibility index (Phi) is 15.8. The molecule has 0 saturated carbocycles. The first-order valence-electron chi connectivity index (χ1n) is 13.0. The minimum Gasteiger partial charge on any atom is -0.392 e. The highest BCUT2D eigenvalue weighted by atomic mass is 16.6. The van der Waals surface area contributed by atoms with Crippen LogP contribution in [0, 0.1) is 23.7 Å². The highest BCUT2D eigenvalue weighted by Crippen LogP contribution is 2.23. The molecule has 2 aromatic rings. The van der Waals surface area contributed by atoms with E-state index in [4.69, 9.17) is 10.5 Å². The molecule has 4 N–H and O–H groups in total. The number of hydrogen-bond donors (Lipinski definition) is 3. The number of rotatable bonds is 11. The number of benzene rings is 2. The number of aliphatic hydroxyl groups excluding tert-OH is 1. The van der Waals surface area contributed by atoms with Crippen LogP contribution in [0.4, 0.5) is 0 Å². The van der Waals surface area contributed by atoms with Gasteiger partial charge < -0.3 is 20.9 Å². The van der Waals surface area contributed by atoms with Crippen molar-refractivity contribution in [2.45, 2.75) is 66.6 Å². The molecule has 4 atom stereocenters. The normalized spacial score (nSPS) is 17.2. The van der Waals surface area contributed by atoms with Crippen LogP contribution in [-0.4, -0.2) is 43.6 Å². The fourth-order valence-corrected chi connectivity index (χ4v) is 3.34. The van der Waals surface area contributed by atoms with Gasteiger partial charge in [-0.15, -0.1) is 0 Å². The van der Waals surface area contributed by atoms with Crippen molar-refractivity contribution in [3.63, 3.8) is 0 Å². The first-order chi connectivity index (χ1) is 16.2. The van der Waals surface area contributed by atoms with E-state index in [1.807, 2.05) is 18.2 Å². The molecular weight excluding hydrogens is 420 g/mol. The van der Waals surface area contributed by atoms with Crippen molar-refractivity contribution in [1.29, 1.82) is 0 Å². The lowest BCUT2D eigenvalue weighted by molar-refractivity contribution is 0.114. The Morgan fingerprint density at radius 2 is 1.29 bits per heavy atom. The van der Waals surface area contributed by atoms with Gasteiger partial charge in [-0.05, 0) is 60.7 Å². The molecule has 1 aliphatic heterocycles. The van der Waals surface area contributed by atoms with Crippen LogP contribution in [0.5, 0.6) is 0 Å². The first kappa shape index (κ1) is 30.3. The Bertz CT molecular complexity index is 717. The fourth-order valence-electron chi connectivity index (χ4n) is 3.34. The quantitative estimate of drug-likeness (QED) is 0.388. The van der Waals surface area contributed by atoms with Crippen LogP contribution in [0.25, 0.3) is 0 Å². The van der Waals surface area contributed by atoms with E-state index in [2.05, 4.69) is 89.3 Å². The van der Waals surface area contributed by atoms with Crippen molar-refractivity contribution in [1.82, 2.24) is 5.32 Å². The molecule has 0 bridgehead atoms. The van der Waals surface area contributed by atoms with Crippen LogP contribution in [0.2, 0.25) is 0 Å². The van der Waals surface area contributed by atoms with Crippen molar-refractivity contribution in [3.8, 4) is 0 Å². The second-order valence-corrected chi connectivity index (χ2v) is 10.5. The number of aliphatic hydroxyl groups is 1. The summed E-state index contributed by atoms with van der Waals surface area (Å²) in [6, 6.07) is 21.0. The lowest BCUT2D eigenvalue weighted by atomic mass is 9.96. The summed E-state index contributed by atoms with van der Waals surface area (Å²) >= 11 is 0. The van der Waals surface area contributed by atoms with Gasteiger partial charge in [0, 0.05) is 6.54 Å². The van der Waals surface area contributed by atoms with Crippen molar-refractivity contribution in [3.05, 3.63) is 71.8 Å². The molecule has 1 aliphatic rings. The van der Waals surface area contributed by atoms with Crippen LogP contribution in [0.1, 0.15) is 52.7 Å². The molecule has 4 nitrogen and oxygen atoms in total. The van der Waals surface area contributed by atoms with E-state index in [-0.39, 0.29) is 12.0 Å². The maximum absolute atomic E-state index is 10.0. The number of ether oxygens (including phenoxy) is 1. The van der Waals surface area contributed by atoms with Crippen molar-refractivity contribution >= 4 is 0 Å². The Hall–Kier alpha value is -1.72. The molecule has 0 spiro atoms. The molecule has 0 radical (unpaired) electrons. The van der Waals surface area contributed by atoms with Gasteiger partial charge in [0.15, 0.2) is 0 Å². The van der Waals surface area contributed by atoms with Crippen LogP contribution in [-0.2, 0) is 17.6 Å². The maximum Gasteiger partial charge on any atom is 0.0838 e. The Morgan fingerprint density at radius 3 is 1.71 bits per heavy atom. The molecule has 1 fully saturated rings. The number of nitrogens with two attached hydrogens (primary N) is 1. The minimum absolute atomic E-state index is 0.269. The molecule has 0 unspecified atom stereocenters. The molecule has 1 heterocycles. The summed E-state index contributed by atoms with van der Waals surface area (Å²) in [5.74, 6) is 2.26. The highest BCUT2D eigenvalue weighted by molar-refractivity contribution is 5.16. The summed E-state index contributed by atoms with van der Waals surface area (Å²) in [5.41, 5.74) is 7.88. The fraction of sp³-hybridized carbons (Fsp3) is 0.600. The third kappa shape index (κ3) is 15.2. The predicted octanol–water partition coefficient (Wildman–Crippen LogP) is 5.34. The van der Waals surface area contributed by atoms with E-state index < -0.39 is 0 Å². The summed E-state index contributed by atoms with van der Waals surface area (Å²) in [5, 5.41) is 13.3. The monoisotopic (exact) mass is 470 g/mol. The number of nitrogens with one attached hydrogen (secondary N) is 1. The van der Waals surface area contributed by atoms with E-state index in [1.165, 1.54) is 11.1 Å². The van der Waals surface area contributed by atoms with Crippen LogP contribution >= 0.6 is 0 Å². The largest absolute Gasteiger partial charge is 0.392 e. The van der Waals surface area contributed by atoms with Gasteiger partial charge in [-0.25, -0.2) is 0 Å². The second-order valence-electron chi connectivity index (χ2n) is 10.5. The molecule has 4 heteroatoms. The molecule has 2 aromatic carbocycles. The van der Waals surface area contributed by atoms with Crippen LogP contribution < -0.4 is 11.1 Å². The van der Waals surface area contributed by atoms with Gasteiger partial charge in [0.2, 0.25) is 0 Å². The van der Waals surface area contributed by atoms with Crippen LogP contribution in [0.3, 0.4) is 0 Å². The van der Waals surface area contributed by atoms with E-state index in [0.717, 1.165) is 32.5 Å². The zero-order chi connectivity index (χ0) is 25.3. The lowest BCUT2D eigenvalue weighted by Crippen LogP contribution is -2.34. The van der Waals surface area contributed by atoms with Gasteiger partial charge in [0.25, 0.3) is 0 Å². The van der Waals surface area contributed by atoms with E-state index in [1.54, 1.807) is 0 Å². The Labute approximate surface area is 209 Å². The standard InChI is InChI=1S/C15H25NO.C11H14O.C4H11N/c1-12(2)10-16-11-15(17)13(3)9-14-7-5-4-6-8-14;1-9(11-8-12-11)7-10-5-3-2-4-6-10;1-4(2)3-5/h4-8,12-13,15-17H,9-11H2,1-3H3;2-6,9,11H,7-8H2,1H3;4H,3,5H2,1-2H3/t13-,15+;9-,11+;/m00./s1. The second kappa shape index (κ2) is 17.7. The van der Waals surface area contributed by atoms with Gasteiger partial charge in [-0.3, -0.25) is 0 Å². The number of epoxide rings is 1. The molecule has 34 heavy (non-hydrogen) atoms. The van der Waals surface area contributed by atoms with Crippen molar-refractivity contribution < 1.29 is 9.84 Å². The smallest absolute Gasteiger partial charge is 0.0838 e. The van der Waals surface area contributed by atoms with Crippen molar-refractivity contribution in [2.24, 2.45) is 29.4 Å². The van der Waals surface area contributed by atoms with Crippen LogP contribution in [0.15, 0.2) is 60.7 Å². The predicted molar refractivity (Wildman–Crippen MR) is 146 cm³/mol. The molecule has 0 amide bonds. The molecule has 192 valence electrons. The van der Waals surface area contributed by atoms with Gasteiger partial charge in [-0.1, -0.05) is 102 Å². The molecular formula is C30H50N2O2. The Morgan fingerprint density at radius 1 is 0.824 bits per heavy atom.